The molecule has 5 atom stereocenters. The van der Waals surface area contributed by atoms with Gasteiger partial charge in [0.05, 0.1) is 6.61 Å². The third-order valence-corrected chi connectivity index (χ3v) is 3.44. The van der Waals surface area contributed by atoms with Crippen molar-refractivity contribution in [3.8, 4) is 5.75 Å². The van der Waals surface area contributed by atoms with E-state index < -0.39 is 37.3 Å². The summed E-state index contributed by atoms with van der Waals surface area (Å²) in [5, 5.41) is 38.1. The molecule has 1 aliphatic heterocycles. The van der Waals surface area contributed by atoms with Crippen molar-refractivity contribution in [1.29, 1.82) is 0 Å². The zero-order valence-corrected chi connectivity index (χ0v) is 11.5. The van der Waals surface area contributed by atoms with Gasteiger partial charge in [-0.1, -0.05) is 15.9 Å². The van der Waals surface area contributed by atoms with E-state index in [1.807, 2.05) is 0 Å². The Morgan fingerprint density at radius 2 is 1.68 bits per heavy atom. The van der Waals surface area contributed by atoms with Crippen LogP contribution in [0.2, 0.25) is 0 Å². The minimum Gasteiger partial charge on any atom is -0.462 e. The highest BCUT2D eigenvalue weighted by Crippen LogP contribution is 2.25. The third-order valence-electron chi connectivity index (χ3n) is 2.91. The standard InChI is InChI=1S/C12H15BrO6/c13-6-1-3-7(4-2-6)18-12-11(17)10(16)9(15)8(5-14)19-12/h1-4,8-12,14-17H,5H2/t8?,9-,10+,11?,12-/m1/s1. The minimum atomic E-state index is -1.44. The zero-order valence-electron chi connectivity index (χ0n) is 9.89. The first-order valence-corrected chi connectivity index (χ1v) is 6.55. The van der Waals surface area contributed by atoms with Crippen LogP contribution in [-0.2, 0) is 4.74 Å². The molecule has 7 heteroatoms. The molecule has 1 heterocycles. The molecule has 1 aromatic carbocycles. The Morgan fingerprint density at radius 3 is 2.26 bits per heavy atom. The van der Waals surface area contributed by atoms with Crippen molar-refractivity contribution in [2.75, 3.05) is 6.61 Å². The van der Waals surface area contributed by atoms with Gasteiger partial charge in [0.1, 0.15) is 30.2 Å². The van der Waals surface area contributed by atoms with E-state index >= 15 is 0 Å². The summed E-state index contributed by atoms with van der Waals surface area (Å²) in [4.78, 5) is 0. The van der Waals surface area contributed by atoms with Gasteiger partial charge in [-0.15, -0.1) is 0 Å². The number of benzene rings is 1. The molecule has 1 aliphatic rings. The van der Waals surface area contributed by atoms with E-state index in [1.165, 1.54) is 0 Å². The zero-order chi connectivity index (χ0) is 14.0. The maximum atomic E-state index is 9.79. The normalized spacial score (nSPS) is 35.1. The van der Waals surface area contributed by atoms with Crippen molar-refractivity contribution in [2.45, 2.75) is 30.7 Å². The Labute approximate surface area is 118 Å². The largest absolute Gasteiger partial charge is 0.462 e. The fraction of sp³-hybridized carbons (Fsp3) is 0.500. The van der Waals surface area contributed by atoms with E-state index in [1.54, 1.807) is 24.3 Å². The van der Waals surface area contributed by atoms with E-state index in [2.05, 4.69) is 15.9 Å². The van der Waals surface area contributed by atoms with Gasteiger partial charge in [-0.05, 0) is 24.3 Å². The second-order valence-electron chi connectivity index (χ2n) is 4.27. The van der Waals surface area contributed by atoms with Gasteiger partial charge in [0.25, 0.3) is 0 Å². The lowest BCUT2D eigenvalue weighted by molar-refractivity contribution is -0.277. The predicted octanol–water partition coefficient (Wildman–Crippen LogP) is -0.372. The quantitative estimate of drug-likeness (QED) is 0.602. The fourth-order valence-electron chi connectivity index (χ4n) is 1.81. The van der Waals surface area contributed by atoms with Crippen LogP contribution in [-0.4, -0.2) is 57.7 Å². The Balaban J connectivity index is 2.08. The summed E-state index contributed by atoms with van der Waals surface area (Å²) in [5.41, 5.74) is 0. The summed E-state index contributed by atoms with van der Waals surface area (Å²) in [6.45, 7) is -0.481. The highest BCUT2D eigenvalue weighted by atomic mass is 79.9. The Morgan fingerprint density at radius 1 is 1.05 bits per heavy atom. The highest BCUT2D eigenvalue weighted by molar-refractivity contribution is 9.10. The molecule has 0 aliphatic carbocycles. The lowest BCUT2D eigenvalue weighted by Gasteiger charge is -2.39. The summed E-state index contributed by atoms with van der Waals surface area (Å²) in [5.74, 6) is 0.438. The Kier molecular flexibility index (Phi) is 4.77. The molecule has 0 aromatic heterocycles. The first-order chi connectivity index (χ1) is 9.02. The van der Waals surface area contributed by atoms with Crippen LogP contribution < -0.4 is 4.74 Å². The molecular weight excluding hydrogens is 320 g/mol. The molecule has 2 rings (SSSR count). The predicted molar refractivity (Wildman–Crippen MR) is 68.5 cm³/mol. The lowest BCUT2D eigenvalue weighted by Crippen LogP contribution is -2.60. The molecule has 0 saturated carbocycles. The molecule has 4 N–H and O–H groups in total. The van der Waals surface area contributed by atoms with Gasteiger partial charge in [-0.2, -0.15) is 0 Å². The van der Waals surface area contributed by atoms with Crippen molar-refractivity contribution in [3.63, 3.8) is 0 Å². The van der Waals surface area contributed by atoms with Crippen LogP contribution >= 0.6 is 15.9 Å². The SMILES string of the molecule is OCC1O[C@@H](Oc2ccc(Br)cc2)C(O)[C@@H](O)[C@@H]1O. The van der Waals surface area contributed by atoms with Gasteiger partial charge in [0.2, 0.25) is 6.29 Å². The van der Waals surface area contributed by atoms with Gasteiger partial charge in [-0.25, -0.2) is 0 Å². The topological polar surface area (TPSA) is 99.4 Å². The minimum absolute atomic E-state index is 0.438. The van der Waals surface area contributed by atoms with Crippen LogP contribution in [0.3, 0.4) is 0 Å². The number of aliphatic hydroxyl groups is 4. The maximum absolute atomic E-state index is 9.79. The van der Waals surface area contributed by atoms with Crippen molar-refractivity contribution < 1.29 is 29.9 Å². The van der Waals surface area contributed by atoms with Crippen LogP contribution in [0, 0.1) is 0 Å². The fourth-order valence-corrected chi connectivity index (χ4v) is 2.08. The molecule has 1 fully saturated rings. The average Bonchev–Trinajstić information content (AvgIpc) is 2.42. The maximum Gasteiger partial charge on any atom is 0.229 e. The van der Waals surface area contributed by atoms with Crippen molar-refractivity contribution in [3.05, 3.63) is 28.7 Å². The summed E-state index contributed by atoms with van der Waals surface area (Å²) in [7, 11) is 0. The summed E-state index contributed by atoms with van der Waals surface area (Å²) >= 11 is 3.28. The molecule has 0 spiro atoms. The second-order valence-corrected chi connectivity index (χ2v) is 5.18. The highest BCUT2D eigenvalue weighted by Gasteiger charge is 2.44. The molecule has 6 nitrogen and oxygen atoms in total. The van der Waals surface area contributed by atoms with Crippen LogP contribution in [0.4, 0.5) is 0 Å². The van der Waals surface area contributed by atoms with Gasteiger partial charge in [0, 0.05) is 4.47 Å². The van der Waals surface area contributed by atoms with E-state index in [0.717, 1.165) is 4.47 Å². The molecule has 0 bridgehead atoms. The monoisotopic (exact) mass is 334 g/mol. The van der Waals surface area contributed by atoms with Gasteiger partial charge >= 0.3 is 0 Å². The number of rotatable bonds is 3. The van der Waals surface area contributed by atoms with Crippen LogP contribution in [0.25, 0.3) is 0 Å². The van der Waals surface area contributed by atoms with Crippen molar-refractivity contribution in [2.24, 2.45) is 0 Å². The van der Waals surface area contributed by atoms with E-state index in [4.69, 9.17) is 14.6 Å². The third kappa shape index (κ3) is 3.25. The summed E-state index contributed by atoms with van der Waals surface area (Å²) in [6, 6.07) is 6.82. The summed E-state index contributed by atoms with van der Waals surface area (Å²) < 4.78 is 11.5. The van der Waals surface area contributed by atoms with Gasteiger partial charge < -0.3 is 29.9 Å². The van der Waals surface area contributed by atoms with Crippen molar-refractivity contribution in [1.82, 2.24) is 0 Å². The van der Waals surface area contributed by atoms with Crippen LogP contribution in [0.5, 0.6) is 5.75 Å². The second kappa shape index (κ2) is 6.17. The van der Waals surface area contributed by atoms with E-state index in [9.17, 15) is 15.3 Å². The molecular formula is C12H15BrO6. The van der Waals surface area contributed by atoms with Crippen LogP contribution in [0.1, 0.15) is 0 Å². The van der Waals surface area contributed by atoms with E-state index in [-0.39, 0.29) is 0 Å². The summed E-state index contributed by atoms with van der Waals surface area (Å²) in [6.07, 6.45) is -6.35. The Bertz CT molecular complexity index is 409. The number of ether oxygens (including phenoxy) is 2. The molecule has 1 aromatic rings. The molecule has 0 radical (unpaired) electrons. The molecule has 19 heavy (non-hydrogen) atoms. The Hall–Kier alpha value is -0.700. The molecule has 2 unspecified atom stereocenters. The van der Waals surface area contributed by atoms with Crippen molar-refractivity contribution >= 4 is 15.9 Å². The van der Waals surface area contributed by atoms with Crippen LogP contribution in [0.15, 0.2) is 28.7 Å². The number of halogens is 1. The first-order valence-electron chi connectivity index (χ1n) is 5.75. The number of hydrogen-bond acceptors (Lipinski definition) is 6. The van der Waals surface area contributed by atoms with Gasteiger partial charge in [-0.3, -0.25) is 0 Å². The smallest absolute Gasteiger partial charge is 0.229 e. The number of hydrogen-bond donors (Lipinski definition) is 4. The van der Waals surface area contributed by atoms with E-state index in [0.29, 0.717) is 5.75 Å². The molecule has 0 amide bonds. The number of aliphatic hydroxyl groups excluding tert-OH is 4. The lowest BCUT2D eigenvalue weighted by atomic mass is 9.99. The van der Waals surface area contributed by atoms with Gasteiger partial charge in [0.15, 0.2) is 0 Å². The molecule has 106 valence electrons. The molecule has 1 saturated heterocycles. The average molecular weight is 335 g/mol. The first kappa shape index (κ1) is 14.7.